The van der Waals surface area contributed by atoms with Crippen molar-refractivity contribution >= 4 is 17.4 Å². The Bertz CT molecular complexity index is 358. The van der Waals surface area contributed by atoms with E-state index in [1.165, 1.54) is 6.33 Å². The van der Waals surface area contributed by atoms with E-state index in [9.17, 15) is 0 Å². The number of hydrogen-bond donors (Lipinski definition) is 0. The van der Waals surface area contributed by atoms with Crippen LogP contribution >= 0.6 is 11.6 Å². The fourth-order valence-corrected chi connectivity index (χ4v) is 2.34. The van der Waals surface area contributed by atoms with Crippen LogP contribution in [0.4, 0.5) is 5.82 Å². The molecule has 1 aliphatic rings. The third kappa shape index (κ3) is 2.62. The number of aromatic nitrogens is 2. The second kappa shape index (κ2) is 4.97. The van der Waals surface area contributed by atoms with Crippen LogP contribution in [0.3, 0.4) is 0 Å². The zero-order valence-electron chi connectivity index (χ0n) is 9.73. The fourth-order valence-electron chi connectivity index (χ4n) is 2.19. The third-order valence-electron chi connectivity index (χ3n) is 2.96. The molecule has 1 aromatic heterocycles. The maximum absolute atomic E-state index is 5.89. The molecular formula is C11H17ClN4. The number of hydrogen-bond acceptors (Lipinski definition) is 4. The largest absolute Gasteiger partial charge is 0.352 e. The molecule has 0 aromatic carbocycles. The molecule has 2 rings (SSSR count). The van der Waals surface area contributed by atoms with Gasteiger partial charge in [0, 0.05) is 25.2 Å². The summed E-state index contributed by atoms with van der Waals surface area (Å²) in [4.78, 5) is 12.9. The summed E-state index contributed by atoms with van der Waals surface area (Å²) in [7, 11) is 2.16. The molecule has 1 unspecified atom stereocenters. The van der Waals surface area contributed by atoms with Gasteiger partial charge in [0.25, 0.3) is 0 Å². The van der Waals surface area contributed by atoms with Crippen LogP contribution in [0.15, 0.2) is 12.4 Å². The molecule has 0 radical (unpaired) electrons. The predicted octanol–water partition coefficient (Wildman–Crippen LogP) is 1.66. The Balaban J connectivity index is 2.19. The lowest BCUT2D eigenvalue weighted by Gasteiger charge is -2.28. The molecule has 1 fully saturated rings. The van der Waals surface area contributed by atoms with Crippen LogP contribution < -0.4 is 4.90 Å². The molecular weight excluding hydrogens is 224 g/mol. The molecule has 1 atom stereocenters. The molecule has 1 aliphatic heterocycles. The first kappa shape index (κ1) is 11.6. The highest BCUT2D eigenvalue weighted by Gasteiger charge is 2.20. The normalized spacial score (nSPS) is 23.2. The predicted molar refractivity (Wildman–Crippen MR) is 66.0 cm³/mol. The number of rotatable bonds is 1. The van der Waals surface area contributed by atoms with Crippen molar-refractivity contribution in [2.75, 3.05) is 31.6 Å². The minimum atomic E-state index is 0.457. The Kier molecular flexibility index (Phi) is 3.61. The highest BCUT2D eigenvalue weighted by atomic mass is 35.5. The van der Waals surface area contributed by atoms with Gasteiger partial charge in [0.1, 0.15) is 17.3 Å². The molecule has 0 spiro atoms. The van der Waals surface area contributed by atoms with Crippen LogP contribution in [0, 0.1) is 0 Å². The molecule has 1 aromatic rings. The Hall–Kier alpha value is -0.870. The summed E-state index contributed by atoms with van der Waals surface area (Å²) in [5, 5.41) is 0.509. The van der Waals surface area contributed by atoms with Crippen LogP contribution in [0.1, 0.15) is 13.3 Å². The van der Waals surface area contributed by atoms with Crippen LogP contribution in [-0.4, -0.2) is 47.6 Å². The average molecular weight is 241 g/mol. The van der Waals surface area contributed by atoms with E-state index in [1.807, 2.05) is 6.07 Å². The SMILES string of the molecule is CC1CN(C)CCCN1c1cc(Cl)ncn1. The maximum Gasteiger partial charge on any atom is 0.134 e. The van der Waals surface area contributed by atoms with Crippen molar-refractivity contribution in [1.29, 1.82) is 0 Å². The molecule has 88 valence electrons. The first-order valence-corrected chi connectivity index (χ1v) is 5.97. The minimum absolute atomic E-state index is 0.457. The van der Waals surface area contributed by atoms with Gasteiger partial charge in [0.2, 0.25) is 0 Å². The standard InChI is InChI=1S/C11H17ClN4/c1-9-7-15(2)4-3-5-16(9)11-6-10(12)13-8-14-11/h6,8-9H,3-5,7H2,1-2H3. The lowest BCUT2D eigenvalue weighted by Crippen LogP contribution is -2.38. The molecule has 0 aliphatic carbocycles. The lowest BCUT2D eigenvalue weighted by molar-refractivity contribution is 0.337. The number of nitrogens with zero attached hydrogens (tertiary/aromatic N) is 4. The molecule has 0 saturated carbocycles. The van der Waals surface area contributed by atoms with Crippen LogP contribution in [0.2, 0.25) is 5.15 Å². The van der Waals surface area contributed by atoms with Gasteiger partial charge in [-0.05, 0) is 26.9 Å². The smallest absolute Gasteiger partial charge is 0.134 e. The fraction of sp³-hybridized carbons (Fsp3) is 0.636. The summed E-state index contributed by atoms with van der Waals surface area (Å²) in [5.74, 6) is 0.933. The minimum Gasteiger partial charge on any atom is -0.352 e. The van der Waals surface area contributed by atoms with Crippen molar-refractivity contribution in [2.24, 2.45) is 0 Å². The summed E-state index contributed by atoms with van der Waals surface area (Å²) < 4.78 is 0. The Morgan fingerprint density at radius 2 is 2.19 bits per heavy atom. The van der Waals surface area contributed by atoms with Gasteiger partial charge < -0.3 is 9.80 Å². The molecule has 16 heavy (non-hydrogen) atoms. The number of likely N-dealkylation sites (N-methyl/N-ethyl adjacent to an activating group) is 1. The third-order valence-corrected chi connectivity index (χ3v) is 3.17. The van der Waals surface area contributed by atoms with Crippen molar-refractivity contribution in [1.82, 2.24) is 14.9 Å². The van der Waals surface area contributed by atoms with Gasteiger partial charge in [-0.25, -0.2) is 9.97 Å². The lowest BCUT2D eigenvalue weighted by atomic mass is 10.2. The van der Waals surface area contributed by atoms with Gasteiger partial charge >= 0.3 is 0 Å². The van der Waals surface area contributed by atoms with E-state index in [2.05, 4.69) is 33.7 Å². The van der Waals surface area contributed by atoms with E-state index in [0.717, 1.165) is 31.9 Å². The summed E-state index contributed by atoms with van der Waals surface area (Å²) in [6.45, 7) is 5.44. The monoisotopic (exact) mass is 240 g/mol. The highest BCUT2D eigenvalue weighted by Crippen LogP contribution is 2.19. The van der Waals surface area contributed by atoms with Crippen LogP contribution in [0.25, 0.3) is 0 Å². The van der Waals surface area contributed by atoms with Crippen LogP contribution in [0.5, 0.6) is 0 Å². The first-order valence-electron chi connectivity index (χ1n) is 5.59. The van der Waals surface area contributed by atoms with E-state index in [4.69, 9.17) is 11.6 Å². The Morgan fingerprint density at radius 3 is 2.94 bits per heavy atom. The van der Waals surface area contributed by atoms with Gasteiger partial charge in [-0.1, -0.05) is 11.6 Å². The van der Waals surface area contributed by atoms with Gasteiger partial charge in [-0.3, -0.25) is 0 Å². The topological polar surface area (TPSA) is 32.3 Å². The van der Waals surface area contributed by atoms with Gasteiger partial charge in [0.05, 0.1) is 0 Å². The van der Waals surface area contributed by atoms with E-state index in [1.54, 1.807) is 0 Å². The molecule has 0 N–H and O–H groups in total. The van der Waals surface area contributed by atoms with Gasteiger partial charge in [-0.15, -0.1) is 0 Å². The molecule has 2 heterocycles. The van der Waals surface area contributed by atoms with Crippen molar-refractivity contribution in [3.05, 3.63) is 17.5 Å². The second-order valence-electron chi connectivity index (χ2n) is 4.36. The first-order chi connectivity index (χ1) is 7.66. The van der Waals surface area contributed by atoms with Gasteiger partial charge in [0.15, 0.2) is 0 Å². The van der Waals surface area contributed by atoms with Crippen molar-refractivity contribution in [3.8, 4) is 0 Å². The van der Waals surface area contributed by atoms with E-state index in [0.29, 0.717) is 11.2 Å². The highest BCUT2D eigenvalue weighted by molar-refractivity contribution is 6.29. The van der Waals surface area contributed by atoms with E-state index >= 15 is 0 Å². The van der Waals surface area contributed by atoms with Gasteiger partial charge in [-0.2, -0.15) is 0 Å². The molecule has 5 heteroatoms. The molecule has 0 bridgehead atoms. The summed E-state index contributed by atoms with van der Waals surface area (Å²) in [6, 6.07) is 2.29. The molecule has 4 nitrogen and oxygen atoms in total. The summed E-state index contributed by atoms with van der Waals surface area (Å²) >= 11 is 5.89. The zero-order chi connectivity index (χ0) is 11.5. The van der Waals surface area contributed by atoms with Crippen LogP contribution in [-0.2, 0) is 0 Å². The number of halogens is 1. The van der Waals surface area contributed by atoms with E-state index < -0.39 is 0 Å². The number of anilines is 1. The molecule has 0 amide bonds. The molecule has 1 saturated heterocycles. The van der Waals surface area contributed by atoms with Crippen molar-refractivity contribution < 1.29 is 0 Å². The average Bonchev–Trinajstić information content (AvgIpc) is 2.39. The van der Waals surface area contributed by atoms with E-state index in [-0.39, 0.29) is 0 Å². The van der Waals surface area contributed by atoms with Crippen molar-refractivity contribution in [2.45, 2.75) is 19.4 Å². The second-order valence-corrected chi connectivity index (χ2v) is 4.74. The summed E-state index contributed by atoms with van der Waals surface area (Å²) in [5.41, 5.74) is 0. The quantitative estimate of drug-likeness (QED) is 0.699. The van der Waals surface area contributed by atoms with Crippen molar-refractivity contribution in [3.63, 3.8) is 0 Å². The Morgan fingerprint density at radius 1 is 1.38 bits per heavy atom. The Labute approximate surface area is 101 Å². The zero-order valence-corrected chi connectivity index (χ0v) is 10.5. The summed E-state index contributed by atoms with van der Waals surface area (Å²) in [6.07, 6.45) is 2.68. The maximum atomic E-state index is 5.89.